The third kappa shape index (κ3) is 3.96. The van der Waals surface area contributed by atoms with E-state index in [1.807, 2.05) is 6.07 Å². The number of methoxy groups -OCH3 is 1. The number of nitrogens with one attached hydrogen (secondary N) is 1. The molecule has 0 saturated carbocycles. The van der Waals surface area contributed by atoms with Crippen molar-refractivity contribution in [3.05, 3.63) is 47.9 Å². The minimum Gasteiger partial charge on any atom is -0.493 e. The zero-order chi connectivity index (χ0) is 14.4. The maximum Gasteiger partial charge on any atom is 0.387 e. The molecule has 108 valence electrons. The summed E-state index contributed by atoms with van der Waals surface area (Å²) < 4.78 is 39.0. The van der Waals surface area contributed by atoms with E-state index >= 15 is 0 Å². The lowest BCUT2D eigenvalue weighted by Gasteiger charge is -2.11. The Morgan fingerprint density at radius 3 is 2.60 bits per heavy atom. The molecule has 0 saturated heterocycles. The third-order valence-electron chi connectivity index (χ3n) is 2.68. The average molecular weight is 283 g/mol. The molecular weight excluding hydrogens is 268 g/mol. The first kappa shape index (κ1) is 14.3. The van der Waals surface area contributed by atoms with Crippen LogP contribution in [0.15, 0.2) is 41.2 Å². The van der Waals surface area contributed by atoms with Crippen LogP contribution in [0, 0.1) is 0 Å². The first-order valence-corrected chi connectivity index (χ1v) is 6.02. The maximum absolute atomic E-state index is 12.3. The van der Waals surface area contributed by atoms with E-state index in [0.717, 1.165) is 11.1 Å². The van der Waals surface area contributed by atoms with E-state index in [9.17, 15) is 8.78 Å². The minimum atomic E-state index is -2.88. The van der Waals surface area contributed by atoms with Gasteiger partial charge in [-0.05, 0) is 23.8 Å². The number of ether oxygens (including phenoxy) is 2. The summed E-state index contributed by atoms with van der Waals surface area (Å²) in [5, 5.41) is 3.18. The lowest BCUT2D eigenvalue weighted by atomic mass is 10.2. The molecule has 1 N–H and O–H groups in total. The molecule has 1 aromatic carbocycles. The summed E-state index contributed by atoms with van der Waals surface area (Å²) in [6, 6.07) is 6.78. The highest BCUT2D eigenvalue weighted by atomic mass is 19.3. The van der Waals surface area contributed by atoms with Crippen molar-refractivity contribution in [2.45, 2.75) is 19.7 Å². The summed E-state index contributed by atoms with van der Waals surface area (Å²) in [4.78, 5) is 0. The summed E-state index contributed by atoms with van der Waals surface area (Å²) in [6.45, 7) is -1.72. The van der Waals surface area contributed by atoms with Gasteiger partial charge in [0, 0.05) is 18.7 Å². The lowest BCUT2D eigenvalue weighted by Crippen LogP contribution is -2.12. The largest absolute Gasteiger partial charge is 0.493 e. The number of furan rings is 1. The van der Waals surface area contributed by atoms with Gasteiger partial charge in [0.25, 0.3) is 0 Å². The van der Waals surface area contributed by atoms with Crippen LogP contribution in [0.5, 0.6) is 11.5 Å². The van der Waals surface area contributed by atoms with Crippen LogP contribution in [-0.2, 0) is 13.1 Å². The standard InChI is InChI=1S/C14H15F2NO3/c1-18-12-3-2-10(6-13(12)20-14(15)16)7-17-8-11-4-5-19-9-11/h2-6,9,14,17H,7-8H2,1H3. The summed E-state index contributed by atoms with van der Waals surface area (Å²) in [6.07, 6.45) is 3.24. The molecule has 6 heteroatoms. The van der Waals surface area contributed by atoms with Gasteiger partial charge in [-0.1, -0.05) is 6.07 Å². The second-order valence-corrected chi connectivity index (χ2v) is 4.10. The summed E-state index contributed by atoms with van der Waals surface area (Å²) in [5.74, 6) is 0.314. The molecule has 0 unspecified atom stereocenters. The van der Waals surface area contributed by atoms with Gasteiger partial charge in [0.2, 0.25) is 0 Å². The molecule has 0 spiro atoms. The molecule has 0 bridgehead atoms. The van der Waals surface area contributed by atoms with E-state index in [1.54, 1.807) is 24.7 Å². The van der Waals surface area contributed by atoms with Crippen LogP contribution in [0.25, 0.3) is 0 Å². The number of benzene rings is 1. The van der Waals surface area contributed by atoms with Crippen molar-refractivity contribution < 1.29 is 22.7 Å². The normalized spacial score (nSPS) is 10.8. The molecule has 0 radical (unpaired) electrons. The smallest absolute Gasteiger partial charge is 0.387 e. The fraction of sp³-hybridized carbons (Fsp3) is 0.286. The van der Waals surface area contributed by atoms with Crippen LogP contribution >= 0.6 is 0 Å². The van der Waals surface area contributed by atoms with Crippen LogP contribution < -0.4 is 14.8 Å². The molecule has 1 heterocycles. The van der Waals surface area contributed by atoms with Crippen molar-refractivity contribution in [3.63, 3.8) is 0 Å². The van der Waals surface area contributed by atoms with Crippen LogP contribution in [0.2, 0.25) is 0 Å². The van der Waals surface area contributed by atoms with Gasteiger partial charge in [-0.25, -0.2) is 0 Å². The quantitative estimate of drug-likeness (QED) is 0.847. The highest BCUT2D eigenvalue weighted by Crippen LogP contribution is 2.29. The number of rotatable bonds is 7. The van der Waals surface area contributed by atoms with Gasteiger partial charge < -0.3 is 19.2 Å². The molecule has 4 nitrogen and oxygen atoms in total. The molecular formula is C14H15F2NO3. The number of hydrogen-bond donors (Lipinski definition) is 1. The highest BCUT2D eigenvalue weighted by molar-refractivity contribution is 5.43. The predicted molar refractivity (Wildman–Crippen MR) is 68.9 cm³/mol. The van der Waals surface area contributed by atoms with Gasteiger partial charge in [0.1, 0.15) is 0 Å². The van der Waals surface area contributed by atoms with Gasteiger partial charge in [-0.15, -0.1) is 0 Å². The SMILES string of the molecule is COc1ccc(CNCc2ccoc2)cc1OC(F)F. The van der Waals surface area contributed by atoms with Crippen LogP contribution in [-0.4, -0.2) is 13.7 Å². The number of halogens is 2. The lowest BCUT2D eigenvalue weighted by molar-refractivity contribution is -0.0512. The topological polar surface area (TPSA) is 43.6 Å². The van der Waals surface area contributed by atoms with Crippen molar-refractivity contribution >= 4 is 0 Å². The Hall–Kier alpha value is -2.08. The first-order valence-electron chi connectivity index (χ1n) is 6.02. The van der Waals surface area contributed by atoms with Gasteiger partial charge >= 0.3 is 6.61 Å². The predicted octanol–water partition coefficient (Wildman–Crippen LogP) is 3.18. The van der Waals surface area contributed by atoms with E-state index in [4.69, 9.17) is 9.15 Å². The van der Waals surface area contributed by atoms with E-state index in [-0.39, 0.29) is 11.5 Å². The Balaban J connectivity index is 1.97. The Kier molecular flexibility index (Phi) is 4.95. The van der Waals surface area contributed by atoms with Crippen LogP contribution in [0.1, 0.15) is 11.1 Å². The van der Waals surface area contributed by atoms with Crippen LogP contribution in [0.3, 0.4) is 0 Å². The molecule has 20 heavy (non-hydrogen) atoms. The van der Waals surface area contributed by atoms with E-state index in [1.165, 1.54) is 13.2 Å². The maximum atomic E-state index is 12.3. The second kappa shape index (κ2) is 6.91. The third-order valence-corrected chi connectivity index (χ3v) is 2.68. The minimum absolute atomic E-state index is 0.0325. The van der Waals surface area contributed by atoms with E-state index < -0.39 is 6.61 Å². The van der Waals surface area contributed by atoms with Gasteiger partial charge in [0.05, 0.1) is 19.6 Å². The fourth-order valence-electron chi connectivity index (χ4n) is 1.76. The molecule has 0 atom stereocenters. The molecule has 2 rings (SSSR count). The zero-order valence-corrected chi connectivity index (χ0v) is 10.9. The monoisotopic (exact) mass is 283 g/mol. The Morgan fingerprint density at radius 1 is 1.15 bits per heavy atom. The Morgan fingerprint density at radius 2 is 1.95 bits per heavy atom. The van der Waals surface area contributed by atoms with Gasteiger partial charge in [0.15, 0.2) is 11.5 Å². The molecule has 0 fully saturated rings. The second-order valence-electron chi connectivity index (χ2n) is 4.10. The number of hydrogen-bond acceptors (Lipinski definition) is 4. The van der Waals surface area contributed by atoms with E-state index in [2.05, 4.69) is 10.1 Å². The van der Waals surface area contributed by atoms with Crippen LogP contribution in [0.4, 0.5) is 8.78 Å². The molecule has 1 aromatic heterocycles. The van der Waals surface area contributed by atoms with Gasteiger partial charge in [-0.2, -0.15) is 8.78 Å². The molecule has 0 amide bonds. The van der Waals surface area contributed by atoms with Crippen molar-refractivity contribution in [1.29, 1.82) is 0 Å². The average Bonchev–Trinajstić information content (AvgIpc) is 2.91. The summed E-state index contributed by atoms with van der Waals surface area (Å²) in [5.41, 5.74) is 1.84. The Labute approximate surface area is 115 Å². The Bertz CT molecular complexity index is 529. The number of alkyl halides is 2. The van der Waals surface area contributed by atoms with E-state index in [0.29, 0.717) is 13.1 Å². The fourth-order valence-corrected chi connectivity index (χ4v) is 1.76. The molecule has 2 aromatic rings. The van der Waals surface area contributed by atoms with Crippen molar-refractivity contribution in [3.8, 4) is 11.5 Å². The zero-order valence-electron chi connectivity index (χ0n) is 10.9. The first-order chi connectivity index (χ1) is 9.69. The van der Waals surface area contributed by atoms with Gasteiger partial charge in [-0.3, -0.25) is 0 Å². The molecule has 0 aliphatic heterocycles. The highest BCUT2D eigenvalue weighted by Gasteiger charge is 2.11. The summed E-state index contributed by atoms with van der Waals surface area (Å²) in [7, 11) is 1.41. The molecule has 0 aliphatic rings. The van der Waals surface area contributed by atoms with Crippen molar-refractivity contribution in [2.75, 3.05) is 7.11 Å². The van der Waals surface area contributed by atoms with Crippen molar-refractivity contribution in [1.82, 2.24) is 5.32 Å². The summed E-state index contributed by atoms with van der Waals surface area (Å²) >= 11 is 0. The van der Waals surface area contributed by atoms with Crippen molar-refractivity contribution in [2.24, 2.45) is 0 Å². The molecule has 0 aliphatic carbocycles.